The SMILES string of the molecule is CCO.CCc1cnn2c(NCc3ccc(OCCN4CCN(C(=O)OC(C)(C)C)CC4)nc3)cc(N3CCCCC3)nc12. The van der Waals surface area contributed by atoms with Crippen molar-refractivity contribution in [3.05, 3.63) is 41.7 Å². The van der Waals surface area contributed by atoms with Gasteiger partial charge in [0.2, 0.25) is 5.88 Å². The zero-order chi connectivity index (χ0) is 31.5. The van der Waals surface area contributed by atoms with Crippen LogP contribution in [-0.4, -0.2) is 105 Å². The molecular weight excluding hydrogens is 560 g/mol. The standard InChI is InChI=1S/C30H44N8O3.C2H6O/c1-5-24-22-33-38-25(19-26(34-28(24)38)36-11-7-6-8-12-36)31-20-23-9-10-27(32-21-23)40-18-17-35-13-15-37(16-14-35)29(39)41-30(2,3)4;1-2-3/h9-10,19,21-22,31H,5-8,11-18,20H2,1-4H3;3H,2H2,1H3. The fourth-order valence-corrected chi connectivity index (χ4v) is 5.21. The Morgan fingerprint density at radius 3 is 2.39 bits per heavy atom. The molecule has 2 aliphatic rings. The van der Waals surface area contributed by atoms with Crippen LogP contribution in [0.2, 0.25) is 0 Å². The summed E-state index contributed by atoms with van der Waals surface area (Å²) in [4.78, 5) is 28.2. The van der Waals surface area contributed by atoms with E-state index in [2.05, 4.69) is 38.2 Å². The highest BCUT2D eigenvalue weighted by atomic mass is 16.6. The molecule has 5 rings (SSSR count). The van der Waals surface area contributed by atoms with Crippen molar-refractivity contribution < 1.29 is 19.4 Å². The zero-order valence-electron chi connectivity index (χ0n) is 27.1. The maximum absolute atomic E-state index is 12.3. The van der Waals surface area contributed by atoms with Crippen LogP contribution in [0.5, 0.6) is 5.88 Å². The van der Waals surface area contributed by atoms with E-state index in [1.807, 2.05) is 49.8 Å². The highest BCUT2D eigenvalue weighted by Crippen LogP contribution is 2.25. The normalized spacial score (nSPS) is 16.0. The number of rotatable bonds is 9. The summed E-state index contributed by atoms with van der Waals surface area (Å²) in [5.74, 6) is 2.56. The summed E-state index contributed by atoms with van der Waals surface area (Å²) in [6.45, 7) is 16.7. The van der Waals surface area contributed by atoms with Gasteiger partial charge < -0.3 is 29.7 Å². The second kappa shape index (κ2) is 15.9. The fraction of sp³-hybridized carbons (Fsp3) is 0.625. The summed E-state index contributed by atoms with van der Waals surface area (Å²) in [6.07, 6.45) is 8.14. The molecule has 0 spiro atoms. The third kappa shape index (κ3) is 9.43. The third-order valence-corrected chi connectivity index (χ3v) is 7.54. The summed E-state index contributed by atoms with van der Waals surface area (Å²) >= 11 is 0. The van der Waals surface area contributed by atoms with Gasteiger partial charge in [0.15, 0.2) is 5.65 Å². The first-order valence-corrected chi connectivity index (χ1v) is 16.0. The van der Waals surface area contributed by atoms with Crippen LogP contribution in [0.25, 0.3) is 5.65 Å². The van der Waals surface area contributed by atoms with Crippen LogP contribution in [-0.2, 0) is 17.7 Å². The topological polar surface area (TPSA) is 121 Å². The Morgan fingerprint density at radius 1 is 1.02 bits per heavy atom. The number of carbonyl (C=O) groups excluding carboxylic acids is 1. The molecule has 2 N–H and O–H groups in total. The number of piperidine rings is 1. The minimum atomic E-state index is -0.471. The number of nitrogens with one attached hydrogen (secondary N) is 1. The van der Waals surface area contributed by atoms with Gasteiger partial charge in [-0.1, -0.05) is 13.0 Å². The Morgan fingerprint density at radius 2 is 1.75 bits per heavy atom. The number of aryl methyl sites for hydroxylation is 1. The summed E-state index contributed by atoms with van der Waals surface area (Å²) in [7, 11) is 0. The zero-order valence-corrected chi connectivity index (χ0v) is 27.1. The molecule has 12 heteroatoms. The molecule has 0 bridgehead atoms. The van der Waals surface area contributed by atoms with E-state index in [-0.39, 0.29) is 12.7 Å². The number of piperazine rings is 1. The Hall–Kier alpha value is -3.64. The number of carbonyl (C=O) groups is 1. The van der Waals surface area contributed by atoms with Crippen molar-refractivity contribution in [2.24, 2.45) is 0 Å². The van der Waals surface area contributed by atoms with E-state index in [9.17, 15) is 4.79 Å². The van der Waals surface area contributed by atoms with E-state index in [0.29, 0.717) is 32.1 Å². The average Bonchev–Trinajstić information content (AvgIpc) is 3.44. The molecule has 44 heavy (non-hydrogen) atoms. The highest BCUT2D eigenvalue weighted by Gasteiger charge is 2.25. The lowest BCUT2D eigenvalue weighted by Gasteiger charge is -2.35. The van der Waals surface area contributed by atoms with E-state index >= 15 is 0 Å². The van der Waals surface area contributed by atoms with E-state index < -0.39 is 5.60 Å². The van der Waals surface area contributed by atoms with Gasteiger partial charge in [-0.25, -0.2) is 14.8 Å². The second-order valence-electron chi connectivity index (χ2n) is 12.1. The molecule has 5 heterocycles. The Bertz CT molecular complexity index is 1310. The number of aromatic nitrogens is 4. The Kier molecular flexibility index (Phi) is 12.0. The number of amides is 1. The molecule has 0 atom stereocenters. The van der Waals surface area contributed by atoms with Crippen molar-refractivity contribution in [1.29, 1.82) is 0 Å². The molecule has 2 aliphatic heterocycles. The molecule has 0 radical (unpaired) electrons. The highest BCUT2D eigenvalue weighted by molar-refractivity contribution is 5.68. The molecule has 3 aromatic rings. The first kappa shape index (κ1) is 33.3. The summed E-state index contributed by atoms with van der Waals surface area (Å²) in [5.41, 5.74) is 2.66. The molecule has 0 aliphatic carbocycles. The van der Waals surface area contributed by atoms with Crippen LogP contribution >= 0.6 is 0 Å². The lowest BCUT2D eigenvalue weighted by Crippen LogP contribution is -2.50. The van der Waals surface area contributed by atoms with Crippen LogP contribution in [0.15, 0.2) is 30.6 Å². The molecule has 0 unspecified atom stereocenters. The summed E-state index contributed by atoms with van der Waals surface area (Å²) < 4.78 is 13.3. The molecule has 3 aromatic heterocycles. The number of anilines is 2. The van der Waals surface area contributed by atoms with Gasteiger partial charge in [-0.2, -0.15) is 9.61 Å². The molecule has 2 fully saturated rings. The predicted octanol–water partition coefficient (Wildman–Crippen LogP) is 4.22. The fourth-order valence-electron chi connectivity index (χ4n) is 5.21. The molecule has 242 valence electrons. The van der Waals surface area contributed by atoms with Crippen LogP contribution < -0.4 is 15.0 Å². The number of hydrogen-bond donors (Lipinski definition) is 2. The second-order valence-corrected chi connectivity index (χ2v) is 12.1. The van der Waals surface area contributed by atoms with Crippen molar-refractivity contribution in [1.82, 2.24) is 29.4 Å². The number of aliphatic hydroxyl groups is 1. The molecule has 12 nitrogen and oxygen atoms in total. The van der Waals surface area contributed by atoms with Crippen LogP contribution in [0.1, 0.15) is 65.0 Å². The number of nitrogens with zero attached hydrogens (tertiary/aromatic N) is 7. The van der Waals surface area contributed by atoms with Gasteiger partial charge in [0, 0.05) is 82.9 Å². The third-order valence-electron chi connectivity index (χ3n) is 7.54. The van der Waals surface area contributed by atoms with E-state index in [1.165, 1.54) is 19.3 Å². The van der Waals surface area contributed by atoms with Crippen LogP contribution in [0.3, 0.4) is 0 Å². The van der Waals surface area contributed by atoms with Gasteiger partial charge >= 0.3 is 6.09 Å². The summed E-state index contributed by atoms with van der Waals surface area (Å²) in [5, 5.41) is 15.7. The predicted molar refractivity (Wildman–Crippen MR) is 172 cm³/mol. The maximum Gasteiger partial charge on any atom is 0.410 e. The molecule has 0 saturated carbocycles. The van der Waals surface area contributed by atoms with E-state index in [1.54, 1.807) is 11.8 Å². The number of ether oxygens (including phenoxy) is 2. The van der Waals surface area contributed by atoms with Crippen LogP contribution in [0, 0.1) is 0 Å². The average molecular weight is 611 g/mol. The lowest BCUT2D eigenvalue weighted by molar-refractivity contribution is 0.0136. The van der Waals surface area contributed by atoms with Gasteiger partial charge in [-0.05, 0) is 58.9 Å². The molecule has 1 amide bonds. The van der Waals surface area contributed by atoms with Gasteiger partial charge in [0.05, 0.1) is 6.20 Å². The number of fused-ring (bicyclic) bond motifs is 1. The quantitative estimate of drug-likeness (QED) is 0.364. The first-order valence-electron chi connectivity index (χ1n) is 16.0. The van der Waals surface area contributed by atoms with Crippen molar-refractivity contribution >= 4 is 23.4 Å². The van der Waals surface area contributed by atoms with Gasteiger partial charge in [-0.15, -0.1) is 0 Å². The number of hydrogen-bond acceptors (Lipinski definition) is 10. The number of pyridine rings is 1. The Labute approximate surface area is 261 Å². The van der Waals surface area contributed by atoms with Crippen molar-refractivity contribution in [2.45, 2.75) is 72.4 Å². The lowest BCUT2D eigenvalue weighted by atomic mass is 10.1. The molecule has 0 aromatic carbocycles. The van der Waals surface area contributed by atoms with Gasteiger partial charge in [0.1, 0.15) is 23.8 Å². The van der Waals surface area contributed by atoms with Gasteiger partial charge in [0.25, 0.3) is 0 Å². The maximum atomic E-state index is 12.3. The van der Waals surface area contributed by atoms with E-state index in [4.69, 9.17) is 19.6 Å². The largest absolute Gasteiger partial charge is 0.476 e. The van der Waals surface area contributed by atoms with Crippen molar-refractivity contribution in [3.8, 4) is 5.88 Å². The molecular formula is C32H50N8O4. The van der Waals surface area contributed by atoms with Crippen molar-refractivity contribution in [2.75, 3.05) is 69.2 Å². The monoisotopic (exact) mass is 610 g/mol. The van der Waals surface area contributed by atoms with Crippen LogP contribution in [0.4, 0.5) is 16.4 Å². The Balaban J connectivity index is 0.00000141. The first-order chi connectivity index (χ1) is 21.2. The minimum Gasteiger partial charge on any atom is -0.476 e. The minimum absolute atomic E-state index is 0.238. The smallest absolute Gasteiger partial charge is 0.410 e. The molecule has 2 saturated heterocycles. The van der Waals surface area contributed by atoms with Crippen molar-refractivity contribution in [3.63, 3.8) is 0 Å². The summed E-state index contributed by atoms with van der Waals surface area (Å²) in [6, 6.07) is 6.07. The van der Waals surface area contributed by atoms with Gasteiger partial charge in [-0.3, -0.25) is 4.90 Å². The number of aliphatic hydroxyl groups excluding tert-OH is 1. The van der Waals surface area contributed by atoms with E-state index in [0.717, 1.165) is 67.6 Å².